The van der Waals surface area contributed by atoms with Crippen LogP contribution in [0.5, 0.6) is 5.75 Å². The van der Waals surface area contributed by atoms with Gasteiger partial charge in [-0.2, -0.15) is 0 Å². The van der Waals surface area contributed by atoms with E-state index < -0.39 is 0 Å². The van der Waals surface area contributed by atoms with E-state index in [0.29, 0.717) is 12.6 Å². The van der Waals surface area contributed by atoms with Crippen molar-refractivity contribution in [3.63, 3.8) is 0 Å². The van der Waals surface area contributed by atoms with Crippen molar-refractivity contribution in [1.29, 1.82) is 0 Å². The number of fused-ring (bicyclic) bond motifs is 1. The third kappa shape index (κ3) is 3.21. The lowest BCUT2D eigenvalue weighted by molar-refractivity contribution is 0.312. The van der Waals surface area contributed by atoms with Gasteiger partial charge < -0.3 is 10.1 Å². The van der Waals surface area contributed by atoms with Gasteiger partial charge in [0.1, 0.15) is 12.4 Å². The van der Waals surface area contributed by atoms with E-state index in [2.05, 4.69) is 37.4 Å². The minimum atomic E-state index is 0.506. The van der Waals surface area contributed by atoms with Gasteiger partial charge in [-0.25, -0.2) is 0 Å². The highest BCUT2D eigenvalue weighted by molar-refractivity contribution is 5.88. The van der Waals surface area contributed by atoms with E-state index in [1.165, 1.54) is 10.8 Å². The van der Waals surface area contributed by atoms with E-state index in [-0.39, 0.29) is 0 Å². The van der Waals surface area contributed by atoms with Crippen LogP contribution in [-0.2, 0) is 0 Å². The second-order valence-electron chi connectivity index (χ2n) is 4.43. The maximum absolute atomic E-state index is 5.81. The van der Waals surface area contributed by atoms with Crippen LogP contribution in [0, 0.1) is 0 Å². The van der Waals surface area contributed by atoms with Gasteiger partial charge in [0.2, 0.25) is 0 Å². The molecule has 0 atom stereocenters. The van der Waals surface area contributed by atoms with Gasteiger partial charge in [0.25, 0.3) is 0 Å². The van der Waals surface area contributed by atoms with Crippen molar-refractivity contribution in [2.45, 2.75) is 19.9 Å². The van der Waals surface area contributed by atoms with Crippen LogP contribution >= 0.6 is 0 Å². The Morgan fingerprint density at radius 3 is 2.65 bits per heavy atom. The zero-order chi connectivity index (χ0) is 12.1. The molecule has 0 saturated heterocycles. The molecule has 0 spiro atoms. The second kappa shape index (κ2) is 5.69. The van der Waals surface area contributed by atoms with Crippen LogP contribution in [0.4, 0.5) is 0 Å². The fourth-order valence-corrected chi connectivity index (χ4v) is 1.83. The smallest absolute Gasteiger partial charge is 0.127 e. The number of hydrogen-bond donors (Lipinski definition) is 1. The molecule has 0 aromatic heterocycles. The fourth-order valence-electron chi connectivity index (χ4n) is 1.83. The van der Waals surface area contributed by atoms with Gasteiger partial charge in [-0.1, -0.05) is 50.2 Å². The third-order valence-electron chi connectivity index (χ3n) is 2.66. The first kappa shape index (κ1) is 11.9. The van der Waals surface area contributed by atoms with Gasteiger partial charge in [0, 0.05) is 18.0 Å². The van der Waals surface area contributed by atoms with Gasteiger partial charge in [0.05, 0.1) is 0 Å². The summed E-state index contributed by atoms with van der Waals surface area (Å²) in [6.45, 7) is 5.85. The van der Waals surface area contributed by atoms with Crippen molar-refractivity contribution < 1.29 is 4.74 Å². The standard InChI is InChI=1S/C15H19NO/c1-12(2)16-10-11-17-15-9-5-7-13-6-3-4-8-14(13)15/h3-9,12,16H,10-11H2,1-2H3. The predicted molar refractivity (Wildman–Crippen MR) is 72.6 cm³/mol. The van der Waals surface area contributed by atoms with Crippen molar-refractivity contribution in [2.75, 3.05) is 13.2 Å². The Balaban J connectivity index is 2.03. The minimum Gasteiger partial charge on any atom is -0.492 e. The first-order chi connectivity index (χ1) is 8.27. The molecule has 0 aliphatic rings. The average molecular weight is 229 g/mol. The summed E-state index contributed by atoms with van der Waals surface area (Å²) in [5.41, 5.74) is 0. The van der Waals surface area contributed by atoms with E-state index in [1.807, 2.05) is 24.3 Å². The van der Waals surface area contributed by atoms with Gasteiger partial charge in [0.15, 0.2) is 0 Å². The lowest BCUT2D eigenvalue weighted by Crippen LogP contribution is -2.27. The van der Waals surface area contributed by atoms with Gasteiger partial charge in [-0.3, -0.25) is 0 Å². The Kier molecular flexibility index (Phi) is 3.99. The molecule has 2 aromatic carbocycles. The van der Waals surface area contributed by atoms with Crippen LogP contribution in [0.1, 0.15) is 13.8 Å². The normalized spacial score (nSPS) is 11.0. The molecule has 0 amide bonds. The average Bonchev–Trinajstić information content (AvgIpc) is 2.34. The molecule has 0 heterocycles. The highest BCUT2D eigenvalue weighted by Crippen LogP contribution is 2.24. The van der Waals surface area contributed by atoms with Crippen LogP contribution < -0.4 is 10.1 Å². The van der Waals surface area contributed by atoms with E-state index >= 15 is 0 Å². The van der Waals surface area contributed by atoms with Gasteiger partial charge in [-0.15, -0.1) is 0 Å². The molecule has 2 aromatic rings. The Hall–Kier alpha value is -1.54. The molecule has 1 N–H and O–H groups in total. The second-order valence-corrected chi connectivity index (χ2v) is 4.43. The molecule has 2 heteroatoms. The monoisotopic (exact) mass is 229 g/mol. The Morgan fingerprint density at radius 1 is 1.06 bits per heavy atom. The van der Waals surface area contributed by atoms with Crippen molar-refractivity contribution in [3.05, 3.63) is 42.5 Å². The SMILES string of the molecule is CC(C)NCCOc1cccc2ccccc12. The summed E-state index contributed by atoms with van der Waals surface area (Å²) >= 11 is 0. The first-order valence-electron chi connectivity index (χ1n) is 6.11. The highest BCUT2D eigenvalue weighted by atomic mass is 16.5. The van der Waals surface area contributed by atoms with Crippen molar-refractivity contribution in [3.8, 4) is 5.75 Å². The molecule has 90 valence electrons. The molecule has 0 aliphatic heterocycles. The van der Waals surface area contributed by atoms with Crippen LogP contribution in [0.3, 0.4) is 0 Å². The number of rotatable bonds is 5. The number of benzene rings is 2. The molecule has 0 aliphatic carbocycles. The Bertz CT molecular complexity index is 474. The lowest BCUT2D eigenvalue weighted by Gasteiger charge is -2.11. The Morgan fingerprint density at radius 2 is 1.82 bits per heavy atom. The summed E-state index contributed by atoms with van der Waals surface area (Å²) in [6.07, 6.45) is 0. The molecular formula is C15H19NO. The number of nitrogens with one attached hydrogen (secondary N) is 1. The van der Waals surface area contributed by atoms with Crippen molar-refractivity contribution in [1.82, 2.24) is 5.32 Å². The summed E-state index contributed by atoms with van der Waals surface area (Å²) in [5.74, 6) is 0.966. The topological polar surface area (TPSA) is 21.3 Å². The van der Waals surface area contributed by atoms with Crippen LogP contribution in [0.2, 0.25) is 0 Å². The maximum Gasteiger partial charge on any atom is 0.127 e. The lowest BCUT2D eigenvalue weighted by atomic mass is 10.1. The molecule has 0 bridgehead atoms. The van der Waals surface area contributed by atoms with Crippen LogP contribution in [0.25, 0.3) is 10.8 Å². The summed E-state index contributed by atoms with van der Waals surface area (Å²) in [5, 5.41) is 5.74. The number of ether oxygens (including phenoxy) is 1. The van der Waals surface area contributed by atoms with Gasteiger partial charge in [-0.05, 0) is 11.5 Å². The van der Waals surface area contributed by atoms with E-state index in [0.717, 1.165) is 12.3 Å². The van der Waals surface area contributed by atoms with E-state index in [4.69, 9.17) is 4.74 Å². The molecule has 0 fully saturated rings. The molecule has 2 nitrogen and oxygen atoms in total. The molecular weight excluding hydrogens is 210 g/mol. The van der Waals surface area contributed by atoms with Gasteiger partial charge >= 0.3 is 0 Å². The Labute approximate surface area is 103 Å². The van der Waals surface area contributed by atoms with Crippen LogP contribution in [-0.4, -0.2) is 19.2 Å². The summed E-state index contributed by atoms with van der Waals surface area (Å²) in [4.78, 5) is 0. The molecule has 17 heavy (non-hydrogen) atoms. The summed E-state index contributed by atoms with van der Waals surface area (Å²) in [6, 6.07) is 15.0. The minimum absolute atomic E-state index is 0.506. The van der Waals surface area contributed by atoms with E-state index in [9.17, 15) is 0 Å². The fraction of sp³-hybridized carbons (Fsp3) is 0.333. The zero-order valence-electron chi connectivity index (χ0n) is 10.4. The molecule has 0 unspecified atom stereocenters. The number of hydrogen-bond acceptors (Lipinski definition) is 2. The summed E-state index contributed by atoms with van der Waals surface area (Å²) in [7, 11) is 0. The quantitative estimate of drug-likeness (QED) is 0.795. The first-order valence-corrected chi connectivity index (χ1v) is 6.11. The molecule has 2 rings (SSSR count). The maximum atomic E-state index is 5.81. The van der Waals surface area contributed by atoms with E-state index in [1.54, 1.807) is 0 Å². The van der Waals surface area contributed by atoms with Crippen molar-refractivity contribution in [2.24, 2.45) is 0 Å². The third-order valence-corrected chi connectivity index (χ3v) is 2.66. The van der Waals surface area contributed by atoms with Crippen LogP contribution in [0.15, 0.2) is 42.5 Å². The predicted octanol–water partition coefficient (Wildman–Crippen LogP) is 3.22. The molecule has 0 radical (unpaired) electrons. The summed E-state index contributed by atoms with van der Waals surface area (Å²) < 4.78 is 5.81. The highest BCUT2D eigenvalue weighted by Gasteiger charge is 2.00. The largest absolute Gasteiger partial charge is 0.492 e. The molecule has 0 saturated carbocycles. The zero-order valence-corrected chi connectivity index (χ0v) is 10.4. The van der Waals surface area contributed by atoms with Crippen molar-refractivity contribution >= 4 is 10.8 Å².